The molecule has 2 N–H and O–H groups in total. The SMILES string of the molecule is CC(C)C(NC1CC1)C(O)c1ccc(N(C)C)cc1. The lowest BCUT2D eigenvalue weighted by Crippen LogP contribution is -2.40. The van der Waals surface area contributed by atoms with Crippen LogP contribution in [0.2, 0.25) is 0 Å². The first kappa shape index (κ1) is 14.4. The fourth-order valence-corrected chi connectivity index (χ4v) is 2.35. The fraction of sp³-hybridized carbons (Fsp3) is 0.625. The minimum absolute atomic E-state index is 0.137. The number of nitrogens with one attached hydrogen (secondary N) is 1. The molecule has 1 saturated carbocycles. The van der Waals surface area contributed by atoms with Crippen LogP contribution in [0.1, 0.15) is 38.4 Å². The average Bonchev–Trinajstić information content (AvgIpc) is 3.19. The summed E-state index contributed by atoms with van der Waals surface area (Å²) in [6, 6.07) is 8.94. The average molecular weight is 262 g/mol. The van der Waals surface area contributed by atoms with Gasteiger partial charge in [-0.15, -0.1) is 0 Å². The maximum absolute atomic E-state index is 10.6. The second-order valence-electron chi connectivity index (χ2n) is 6.14. The molecule has 0 heterocycles. The lowest BCUT2D eigenvalue weighted by molar-refractivity contribution is 0.104. The van der Waals surface area contributed by atoms with Crippen molar-refractivity contribution in [3.05, 3.63) is 29.8 Å². The first-order valence-electron chi connectivity index (χ1n) is 7.20. The number of hydrogen-bond donors (Lipinski definition) is 2. The van der Waals surface area contributed by atoms with Crippen LogP contribution in [0, 0.1) is 5.92 Å². The van der Waals surface area contributed by atoms with Gasteiger partial charge in [0.05, 0.1) is 6.10 Å². The van der Waals surface area contributed by atoms with Gasteiger partial charge in [-0.2, -0.15) is 0 Å². The zero-order valence-electron chi connectivity index (χ0n) is 12.4. The summed E-state index contributed by atoms with van der Waals surface area (Å²) < 4.78 is 0. The van der Waals surface area contributed by atoms with E-state index in [-0.39, 0.29) is 6.04 Å². The minimum atomic E-state index is -0.434. The Hall–Kier alpha value is -1.06. The summed E-state index contributed by atoms with van der Waals surface area (Å²) in [4.78, 5) is 2.07. The third kappa shape index (κ3) is 3.71. The molecule has 0 bridgehead atoms. The van der Waals surface area contributed by atoms with E-state index >= 15 is 0 Å². The van der Waals surface area contributed by atoms with Crippen LogP contribution in [0.25, 0.3) is 0 Å². The molecule has 0 spiro atoms. The molecule has 0 aromatic heterocycles. The van der Waals surface area contributed by atoms with Gasteiger partial charge in [0, 0.05) is 31.9 Å². The summed E-state index contributed by atoms with van der Waals surface area (Å²) in [5.74, 6) is 0.420. The summed E-state index contributed by atoms with van der Waals surface area (Å²) in [5.41, 5.74) is 2.16. The normalized spacial score (nSPS) is 18.4. The largest absolute Gasteiger partial charge is 0.387 e. The van der Waals surface area contributed by atoms with Gasteiger partial charge in [0.2, 0.25) is 0 Å². The number of aliphatic hydroxyl groups excluding tert-OH is 1. The first-order valence-corrected chi connectivity index (χ1v) is 7.20. The van der Waals surface area contributed by atoms with Crippen molar-refractivity contribution in [2.75, 3.05) is 19.0 Å². The van der Waals surface area contributed by atoms with E-state index in [9.17, 15) is 5.11 Å². The van der Waals surface area contributed by atoms with Gasteiger partial charge in [-0.25, -0.2) is 0 Å². The number of hydrogen-bond acceptors (Lipinski definition) is 3. The molecular formula is C16H26N2O. The van der Waals surface area contributed by atoms with Crippen LogP contribution in [-0.4, -0.2) is 31.3 Å². The van der Waals surface area contributed by atoms with E-state index in [2.05, 4.69) is 36.2 Å². The van der Waals surface area contributed by atoms with Crippen LogP contribution in [0.5, 0.6) is 0 Å². The van der Waals surface area contributed by atoms with Crippen LogP contribution >= 0.6 is 0 Å². The van der Waals surface area contributed by atoms with Crippen LogP contribution < -0.4 is 10.2 Å². The van der Waals surface area contributed by atoms with E-state index in [1.54, 1.807) is 0 Å². The first-order chi connectivity index (χ1) is 8.99. The molecule has 19 heavy (non-hydrogen) atoms. The van der Waals surface area contributed by atoms with Gasteiger partial charge in [-0.05, 0) is 36.5 Å². The second kappa shape index (κ2) is 5.93. The van der Waals surface area contributed by atoms with Crippen molar-refractivity contribution in [2.45, 2.75) is 44.9 Å². The van der Waals surface area contributed by atoms with Gasteiger partial charge < -0.3 is 15.3 Å². The van der Waals surface area contributed by atoms with Crippen molar-refractivity contribution in [2.24, 2.45) is 5.92 Å². The molecule has 1 aliphatic rings. The van der Waals surface area contributed by atoms with Crippen molar-refractivity contribution in [1.82, 2.24) is 5.32 Å². The fourth-order valence-electron chi connectivity index (χ4n) is 2.35. The highest BCUT2D eigenvalue weighted by Gasteiger charge is 2.30. The molecule has 2 unspecified atom stereocenters. The number of benzene rings is 1. The summed E-state index contributed by atoms with van der Waals surface area (Å²) >= 11 is 0. The summed E-state index contributed by atoms with van der Waals surface area (Å²) in [6.07, 6.45) is 2.06. The van der Waals surface area contributed by atoms with E-state index in [0.29, 0.717) is 12.0 Å². The van der Waals surface area contributed by atoms with Crippen molar-refractivity contribution in [1.29, 1.82) is 0 Å². The molecule has 1 aliphatic carbocycles. The Kier molecular flexibility index (Phi) is 4.48. The van der Waals surface area contributed by atoms with E-state index in [1.165, 1.54) is 12.8 Å². The second-order valence-corrected chi connectivity index (χ2v) is 6.14. The van der Waals surface area contributed by atoms with E-state index in [0.717, 1.165) is 11.3 Å². The van der Waals surface area contributed by atoms with Crippen LogP contribution in [0.4, 0.5) is 5.69 Å². The highest BCUT2D eigenvalue weighted by molar-refractivity contribution is 5.46. The monoisotopic (exact) mass is 262 g/mol. The molecule has 106 valence electrons. The van der Waals surface area contributed by atoms with E-state index in [4.69, 9.17) is 0 Å². The predicted molar refractivity (Wildman–Crippen MR) is 80.5 cm³/mol. The number of nitrogens with zero attached hydrogens (tertiary/aromatic N) is 1. The Morgan fingerprint density at radius 3 is 2.16 bits per heavy atom. The van der Waals surface area contributed by atoms with E-state index < -0.39 is 6.10 Å². The number of rotatable bonds is 6. The van der Waals surface area contributed by atoms with Gasteiger partial charge >= 0.3 is 0 Å². The minimum Gasteiger partial charge on any atom is -0.387 e. The molecule has 1 fully saturated rings. The Labute approximate surface area is 116 Å². The van der Waals surface area contributed by atoms with Crippen molar-refractivity contribution >= 4 is 5.69 Å². The van der Waals surface area contributed by atoms with Gasteiger partial charge in [-0.3, -0.25) is 0 Å². The highest BCUT2D eigenvalue weighted by atomic mass is 16.3. The standard InChI is InChI=1S/C16H26N2O/c1-11(2)15(17-13-7-8-13)16(19)12-5-9-14(10-6-12)18(3)4/h5-6,9-11,13,15-17,19H,7-8H2,1-4H3. The van der Waals surface area contributed by atoms with Crippen molar-refractivity contribution in [3.63, 3.8) is 0 Å². The van der Waals surface area contributed by atoms with Gasteiger partial charge in [0.1, 0.15) is 0 Å². The molecule has 1 aromatic carbocycles. The number of anilines is 1. The molecule has 0 aliphatic heterocycles. The molecule has 3 heteroatoms. The number of aliphatic hydroxyl groups is 1. The topological polar surface area (TPSA) is 35.5 Å². The zero-order valence-corrected chi connectivity index (χ0v) is 12.4. The Morgan fingerprint density at radius 1 is 1.16 bits per heavy atom. The van der Waals surface area contributed by atoms with Gasteiger partial charge in [0.15, 0.2) is 0 Å². The molecule has 2 rings (SSSR count). The van der Waals surface area contributed by atoms with Gasteiger partial charge in [0.25, 0.3) is 0 Å². The van der Waals surface area contributed by atoms with Gasteiger partial charge in [-0.1, -0.05) is 26.0 Å². The molecule has 3 nitrogen and oxygen atoms in total. The lowest BCUT2D eigenvalue weighted by Gasteiger charge is -2.28. The predicted octanol–water partition coefficient (Wildman–Crippen LogP) is 2.56. The molecule has 2 atom stereocenters. The highest BCUT2D eigenvalue weighted by Crippen LogP contribution is 2.28. The molecular weight excluding hydrogens is 236 g/mol. The van der Waals surface area contributed by atoms with Crippen molar-refractivity contribution in [3.8, 4) is 0 Å². The maximum Gasteiger partial charge on any atom is 0.0945 e. The molecule has 0 radical (unpaired) electrons. The third-order valence-electron chi connectivity index (χ3n) is 3.81. The summed E-state index contributed by atoms with van der Waals surface area (Å²) in [7, 11) is 4.05. The third-order valence-corrected chi connectivity index (χ3v) is 3.81. The van der Waals surface area contributed by atoms with Crippen LogP contribution in [0.15, 0.2) is 24.3 Å². The Bertz CT molecular complexity index is 396. The maximum atomic E-state index is 10.6. The summed E-state index contributed by atoms with van der Waals surface area (Å²) in [6.45, 7) is 4.33. The molecule has 1 aromatic rings. The van der Waals surface area contributed by atoms with Crippen LogP contribution in [0.3, 0.4) is 0 Å². The van der Waals surface area contributed by atoms with Crippen molar-refractivity contribution < 1.29 is 5.11 Å². The summed E-state index contributed by atoms with van der Waals surface area (Å²) in [5, 5.41) is 14.1. The lowest BCUT2D eigenvalue weighted by atomic mass is 9.93. The quantitative estimate of drug-likeness (QED) is 0.827. The zero-order chi connectivity index (χ0) is 14.0. The molecule has 0 saturated heterocycles. The Balaban J connectivity index is 2.08. The molecule has 0 amide bonds. The smallest absolute Gasteiger partial charge is 0.0945 e. The van der Waals surface area contributed by atoms with Crippen LogP contribution in [-0.2, 0) is 0 Å². The van der Waals surface area contributed by atoms with E-state index in [1.807, 2.05) is 26.2 Å². The Morgan fingerprint density at radius 2 is 1.74 bits per heavy atom.